The quantitative estimate of drug-likeness (QED) is 0.374. The number of hydrogen-bond acceptors (Lipinski definition) is 0. The maximum absolute atomic E-state index is 3.91. The van der Waals surface area contributed by atoms with Gasteiger partial charge in [0.2, 0.25) is 0 Å². The van der Waals surface area contributed by atoms with E-state index in [0.717, 1.165) is 24.3 Å². The van der Waals surface area contributed by atoms with E-state index in [4.69, 9.17) is 0 Å². The molecule has 0 saturated heterocycles. The normalized spacial score (nSPS) is 11.9. The fourth-order valence-corrected chi connectivity index (χ4v) is 1.50. The van der Waals surface area contributed by atoms with E-state index in [2.05, 4.69) is 40.0 Å². The zero-order valence-corrected chi connectivity index (χ0v) is 10.7. The summed E-state index contributed by atoms with van der Waals surface area (Å²) in [5.74, 6) is 0.832. The van der Waals surface area contributed by atoms with E-state index >= 15 is 0 Å². The van der Waals surface area contributed by atoms with Crippen LogP contribution in [0.1, 0.15) is 52.9 Å². The summed E-state index contributed by atoms with van der Waals surface area (Å²) >= 11 is 0. The topological polar surface area (TPSA) is 0 Å². The van der Waals surface area contributed by atoms with Gasteiger partial charge in [0.1, 0.15) is 0 Å². The second-order valence-electron chi connectivity index (χ2n) is 4.74. The van der Waals surface area contributed by atoms with E-state index in [1.807, 2.05) is 6.08 Å². The van der Waals surface area contributed by atoms with Crippen LogP contribution in [0.25, 0.3) is 0 Å². The molecule has 0 amide bonds. The Morgan fingerprint density at radius 1 is 1.27 bits per heavy atom. The van der Waals surface area contributed by atoms with Crippen LogP contribution in [0, 0.1) is 5.92 Å². The first-order valence-electron chi connectivity index (χ1n) is 6.02. The Labute approximate surface area is 95.8 Å². The predicted octanol–water partition coefficient (Wildman–Crippen LogP) is 5.28. The number of hydrogen-bond donors (Lipinski definition) is 0. The maximum Gasteiger partial charge on any atom is -0.0250 e. The van der Waals surface area contributed by atoms with Crippen molar-refractivity contribution in [3.05, 3.63) is 36.5 Å². The first-order chi connectivity index (χ1) is 7.06. The predicted molar refractivity (Wildman–Crippen MR) is 71.0 cm³/mol. The molecule has 0 heteroatoms. The fraction of sp³-hybridized carbons (Fsp3) is 0.600. The lowest BCUT2D eigenvalue weighted by atomic mass is 10.0. The molecule has 15 heavy (non-hydrogen) atoms. The Hall–Kier alpha value is -0.780. The molecule has 0 atom stereocenters. The summed E-state index contributed by atoms with van der Waals surface area (Å²) in [6.45, 7) is 14.4. The lowest BCUT2D eigenvalue weighted by molar-refractivity contribution is 0.554. The molecule has 0 nitrogen and oxygen atoms in total. The summed E-state index contributed by atoms with van der Waals surface area (Å²) in [5.41, 5.74) is 2.66. The van der Waals surface area contributed by atoms with Crippen LogP contribution in [-0.2, 0) is 0 Å². The highest BCUT2D eigenvalue weighted by Gasteiger charge is 1.95. The minimum atomic E-state index is 0.832. The highest BCUT2D eigenvalue weighted by molar-refractivity contribution is 5.12. The Kier molecular flexibility index (Phi) is 8.08. The van der Waals surface area contributed by atoms with Crippen LogP contribution in [-0.4, -0.2) is 0 Å². The van der Waals surface area contributed by atoms with Gasteiger partial charge >= 0.3 is 0 Å². The largest absolute Gasteiger partial charge is 0.0988 e. The Bertz CT molecular complexity index is 218. The van der Waals surface area contributed by atoms with E-state index in [0.29, 0.717) is 0 Å². The fourth-order valence-electron chi connectivity index (χ4n) is 1.50. The van der Waals surface area contributed by atoms with E-state index in [9.17, 15) is 0 Å². The second kappa shape index (κ2) is 8.52. The summed E-state index contributed by atoms with van der Waals surface area (Å²) in [5, 5.41) is 0. The highest BCUT2D eigenvalue weighted by atomic mass is 14.0. The molecule has 0 aromatic carbocycles. The van der Waals surface area contributed by atoms with Gasteiger partial charge in [-0.25, -0.2) is 0 Å². The summed E-state index contributed by atoms with van der Waals surface area (Å²) in [7, 11) is 0. The van der Waals surface area contributed by atoms with Crippen LogP contribution in [0.5, 0.6) is 0 Å². The van der Waals surface area contributed by atoms with E-state index in [1.54, 1.807) is 0 Å². The summed E-state index contributed by atoms with van der Waals surface area (Å²) in [6, 6.07) is 0. The molecule has 0 spiro atoms. The van der Waals surface area contributed by atoms with Crippen molar-refractivity contribution in [2.24, 2.45) is 5.92 Å². The van der Waals surface area contributed by atoms with Crippen molar-refractivity contribution in [3.8, 4) is 0 Å². The average Bonchev–Trinajstić information content (AvgIpc) is 2.17. The minimum Gasteiger partial charge on any atom is -0.0988 e. The molecule has 0 bridgehead atoms. The SMILES string of the molecule is C=CC(=C)CC/C=C(\C)CCCC(C)C. The van der Waals surface area contributed by atoms with Crippen molar-refractivity contribution in [2.75, 3.05) is 0 Å². The van der Waals surface area contributed by atoms with Crippen LogP contribution in [0.4, 0.5) is 0 Å². The summed E-state index contributed by atoms with van der Waals surface area (Å²) < 4.78 is 0. The Balaban J connectivity index is 3.60. The van der Waals surface area contributed by atoms with Gasteiger partial charge < -0.3 is 0 Å². The van der Waals surface area contributed by atoms with E-state index in [-0.39, 0.29) is 0 Å². The molecule has 0 rings (SSSR count). The van der Waals surface area contributed by atoms with Crippen LogP contribution in [0.2, 0.25) is 0 Å². The van der Waals surface area contributed by atoms with Crippen LogP contribution >= 0.6 is 0 Å². The van der Waals surface area contributed by atoms with Crippen molar-refractivity contribution in [2.45, 2.75) is 52.9 Å². The first kappa shape index (κ1) is 14.2. The molecule has 0 aliphatic rings. The number of allylic oxidation sites excluding steroid dienone is 4. The van der Waals surface area contributed by atoms with Crippen LogP contribution in [0.3, 0.4) is 0 Å². The van der Waals surface area contributed by atoms with Crippen LogP contribution in [0.15, 0.2) is 36.5 Å². The standard InChI is InChI=1S/C15H26/c1-6-14(4)10-8-12-15(5)11-7-9-13(2)3/h6,12-13H,1,4,7-11H2,2-3,5H3/b15-12+. The van der Waals surface area contributed by atoms with Gasteiger partial charge in [0, 0.05) is 0 Å². The van der Waals surface area contributed by atoms with Gasteiger partial charge in [-0.15, -0.1) is 0 Å². The van der Waals surface area contributed by atoms with Crippen LogP contribution < -0.4 is 0 Å². The van der Waals surface area contributed by atoms with Gasteiger partial charge in [-0.3, -0.25) is 0 Å². The van der Waals surface area contributed by atoms with Gasteiger partial charge in [0.25, 0.3) is 0 Å². The van der Waals surface area contributed by atoms with Gasteiger partial charge in [-0.05, 0) is 38.5 Å². The maximum atomic E-state index is 3.91. The smallest absolute Gasteiger partial charge is 0.0250 e. The molecular weight excluding hydrogens is 180 g/mol. The highest BCUT2D eigenvalue weighted by Crippen LogP contribution is 2.13. The molecule has 0 unspecified atom stereocenters. The zero-order valence-electron chi connectivity index (χ0n) is 10.7. The Morgan fingerprint density at radius 2 is 1.93 bits per heavy atom. The zero-order chi connectivity index (χ0) is 11.7. The van der Waals surface area contributed by atoms with Crippen molar-refractivity contribution >= 4 is 0 Å². The molecule has 0 aliphatic carbocycles. The van der Waals surface area contributed by atoms with Crippen molar-refractivity contribution < 1.29 is 0 Å². The van der Waals surface area contributed by atoms with Gasteiger partial charge in [-0.2, -0.15) is 0 Å². The minimum absolute atomic E-state index is 0.832. The lowest BCUT2D eigenvalue weighted by Gasteiger charge is -2.04. The summed E-state index contributed by atoms with van der Waals surface area (Å²) in [6.07, 6.45) is 10.3. The molecule has 0 heterocycles. The monoisotopic (exact) mass is 206 g/mol. The second-order valence-corrected chi connectivity index (χ2v) is 4.74. The molecule has 0 aromatic heterocycles. The molecule has 0 saturated carbocycles. The molecular formula is C15H26. The van der Waals surface area contributed by atoms with E-state index in [1.165, 1.54) is 24.8 Å². The molecule has 0 radical (unpaired) electrons. The third-order valence-electron chi connectivity index (χ3n) is 2.60. The Morgan fingerprint density at radius 3 is 2.47 bits per heavy atom. The molecule has 0 aromatic rings. The van der Waals surface area contributed by atoms with Crippen molar-refractivity contribution in [1.29, 1.82) is 0 Å². The number of rotatable bonds is 8. The van der Waals surface area contributed by atoms with Gasteiger partial charge in [0.15, 0.2) is 0 Å². The molecule has 86 valence electrons. The lowest BCUT2D eigenvalue weighted by Crippen LogP contribution is -1.87. The van der Waals surface area contributed by atoms with Crippen molar-refractivity contribution in [1.82, 2.24) is 0 Å². The molecule has 0 fully saturated rings. The van der Waals surface area contributed by atoms with Gasteiger partial charge in [0.05, 0.1) is 0 Å². The average molecular weight is 206 g/mol. The molecule has 0 N–H and O–H groups in total. The van der Waals surface area contributed by atoms with Gasteiger partial charge in [-0.1, -0.05) is 56.7 Å². The summed E-state index contributed by atoms with van der Waals surface area (Å²) in [4.78, 5) is 0. The van der Waals surface area contributed by atoms with Crippen molar-refractivity contribution in [3.63, 3.8) is 0 Å². The third-order valence-corrected chi connectivity index (χ3v) is 2.60. The third kappa shape index (κ3) is 9.52. The first-order valence-corrected chi connectivity index (χ1v) is 6.02. The molecule has 0 aliphatic heterocycles. The van der Waals surface area contributed by atoms with E-state index < -0.39 is 0 Å².